The van der Waals surface area contributed by atoms with Crippen molar-refractivity contribution in [2.45, 2.75) is 49.7 Å². The third-order valence-corrected chi connectivity index (χ3v) is 9.12. The Balaban J connectivity index is 1.29. The van der Waals surface area contributed by atoms with Gasteiger partial charge in [-0.05, 0) is 85.2 Å². The van der Waals surface area contributed by atoms with E-state index in [9.17, 15) is 4.79 Å². The van der Waals surface area contributed by atoms with Crippen LogP contribution in [0.1, 0.15) is 48.0 Å². The number of carbonyl (C=O) groups is 1. The summed E-state index contributed by atoms with van der Waals surface area (Å²) in [5.74, 6) is 2.15. The molecule has 1 aliphatic heterocycles. The van der Waals surface area contributed by atoms with Crippen LogP contribution < -0.4 is 10.1 Å². The third-order valence-electron chi connectivity index (χ3n) is 9.12. The fraction of sp³-hybridized carbons (Fsp3) is 0.469. The van der Waals surface area contributed by atoms with Crippen LogP contribution in [0.3, 0.4) is 0 Å². The number of methoxy groups -OCH3 is 2. The van der Waals surface area contributed by atoms with Gasteiger partial charge in [0.25, 0.3) is 5.91 Å². The zero-order chi connectivity index (χ0) is 25.4. The number of benzene rings is 3. The molecule has 0 spiro atoms. The van der Waals surface area contributed by atoms with Gasteiger partial charge in [-0.15, -0.1) is 0 Å². The van der Waals surface area contributed by atoms with E-state index < -0.39 is 0 Å². The lowest BCUT2D eigenvalue weighted by Gasteiger charge is -2.55. The molecule has 1 saturated heterocycles. The highest BCUT2D eigenvalue weighted by Crippen LogP contribution is 2.51. The van der Waals surface area contributed by atoms with Crippen LogP contribution in [-0.4, -0.2) is 56.8 Å². The van der Waals surface area contributed by atoms with E-state index in [1.165, 1.54) is 24.9 Å². The summed E-state index contributed by atoms with van der Waals surface area (Å²) in [5, 5.41) is 5.64. The number of carbonyl (C=O) groups excluding carboxylic acids is 1. The molecule has 1 heterocycles. The molecule has 37 heavy (non-hydrogen) atoms. The minimum absolute atomic E-state index is 0.00369. The lowest BCUT2D eigenvalue weighted by Crippen LogP contribution is -2.61. The maximum absolute atomic E-state index is 13.5. The smallest absolute Gasteiger partial charge is 0.251 e. The molecule has 2 aliphatic carbocycles. The molecule has 194 valence electrons. The van der Waals surface area contributed by atoms with E-state index in [4.69, 9.17) is 9.47 Å². The molecule has 3 aliphatic rings. The summed E-state index contributed by atoms with van der Waals surface area (Å²) >= 11 is 0. The highest BCUT2D eigenvalue weighted by atomic mass is 16.5. The van der Waals surface area contributed by atoms with Gasteiger partial charge in [-0.2, -0.15) is 0 Å². The van der Waals surface area contributed by atoms with E-state index in [0.717, 1.165) is 54.8 Å². The van der Waals surface area contributed by atoms with Gasteiger partial charge in [0.15, 0.2) is 0 Å². The van der Waals surface area contributed by atoms with Gasteiger partial charge in [0.2, 0.25) is 0 Å². The van der Waals surface area contributed by atoms with Gasteiger partial charge < -0.3 is 19.7 Å². The number of piperidine rings is 1. The van der Waals surface area contributed by atoms with E-state index in [1.807, 2.05) is 43.5 Å². The zero-order valence-corrected chi connectivity index (χ0v) is 22.0. The molecule has 6 rings (SSSR count). The summed E-state index contributed by atoms with van der Waals surface area (Å²) in [6.07, 6.45) is 5.66. The number of hydrogen-bond acceptors (Lipinski definition) is 4. The van der Waals surface area contributed by atoms with E-state index >= 15 is 0 Å². The Morgan fingerprint density at radius 1 is 1.03 bits per heavy atom. The molecule has 3 fully saturated rings. The number of fused-ring (bicyclic) bond motifs is 2. The first kappa shape index (κ1) is 24.4. The molecule has 5 nitrogen and oxygen atoms in total. The molecular weight excluding hydrogens is 460 g/mol. The van der Waals surface area contributed by atoms with E-state index in [0.29, 0.717) is 11.5 Å². The second-order valence-corrected chi connectivity index (χ2v) is 11.4. The van der Waals surface area contributed by atoms with Crippen molar-refractivity contribution in [3.8, 4) is 5.75 Å². The van der Waals surface area contributed by atoms with Crippen LogP contribution in [0.2, 0.25) is 0 Å². The van der Waals surface area contributed by atoms with Crippen LogP contribution in [0.4, 0.5) is 0 Å². The van der Waals surface area contributed by atoms with Gasteiger partial charge in [-0.1, -0.05) is 42.5 Å². The van der Waals surface area contributed by atoms with Crippen molar-refractivity contribution in [3.63, 3.8) is 0 Å². The molecule has 2 saturated carbocycles. The number of nitrogens with zero attached hydrogens (tertiary/aromatic N) is 1. The molecule has 1 N–H and O–H groups in total. The van der Waals surface area contributed by atoms with Crippen LogP contribution in [0.15, 0.2) is 66.7 Å². The highest BCUT2D eigenvalue weighted by Gasteiger charge is 2.53. The average molecular weight is 499 g/mol. The minimum atomic E-state index is -0.0607. The largest absolute Gasteiger partial charge is 0.497 e. The molecule has 0 aromatic heterocycles. The predicted molar refractivity (Wildman–Crippen MR) is 147 cm³/mol. The second kappa shape index (κ2) is 10.1. The first-order chi connectivity index (χ1) is 18.1. The Labute approximate surface area is 220 Å². The molecule has 0 radical (unpaired) electrons. The maximum atomic E-state index is 13.5. The molecule has 5 heteroatoms. The number of amides is 1. The minimum Gasteiger partial charge on any atom is -0.497 e. The summed E-state index contributed by atoms with van der Waals surface area (Å²) in [6.45, 7) is 3.35. The van der Waals surface area contributed by atoms with Crippen LogP contribution in [-0.2, 0) is 10.2 Å². The highest BCUT2D eigenvalue weighted by molar-refractivity contribution is 5.98. The van der Waals surface area contributed by atoms with Crippen molar-refractivity contribution in [3.05, 3.63) is 77.9 Å². The van der Waals surface area contributed by atoms with Gasteiger partial charge >= 0.3 is 0 Å². The Hall–Kier alpha value is -2.89. The fourth-order valence-corrected chi connectivity index (χ4v) is 6.99. The van der Waals surface area contributed by atoms with Crippen LogP contribution in [0, 0.1) is 11.8 Å². The molecular formula is C32H38N2O3. The SMILES string of the molecule is COc1cccc([C@@]23CCN(CC4CC4)C[C@H]2C(OC)C[C@H](NC(=O)c2ccc4ccccc4c2)C3)c1. The molecule has 1 unspecified atom stereocenters. The first-order valence-electron chi connectivity index (χ1n) is 13.8. The van der Waals surface area contributed by atoms with Crippen molar-refractivity contribution < 1.29 is 14.3 Å². The van der Waals surface area contributed by atoms with Gasteiger partial charge in [-0.3, -0.25) is 4.79 Å². The summed E-state index contributed by atoms with van der Waals surface area (Å²) in [7, 11) is 3.58. The van der Waals surface area contributed by atoms with Gasteiger partial charge in [0, 0.05) is 43.1 Å². The monoisotopic (exact) mass is 498 g/mol. The van der Waals surface area contributed by atoms with Crippen molar-refractivity contribution in [1.29, 1.82) is 0 Å². The van der Waals surface area contributed by atoms with Crippen molar-refractivity contribution >= 4 is 16.7 Å². The Bertz CT molecular complexity index is 1270. The normalized spacial score (nSPS) is 28.0. The number of likely N-dealkylation sites (tertiary alicyclic amines) is 1. The fourth-order valence-electron chi connectivity index (χ4n) is 6.99. The third kappa shape index (κ3) is 4.87. The lowest BCUT2D eigenvalue weighted by atomic mass is 9.57. The van der Waals surface area contributed by atoms with Gasteiger partial charge in [0.05, 0.1) is 13.2 Å². The molecule has 4 atom stereocenters. The number of nitrogens with one attached hydrogen (secondary N) is 1. The predicted octanol–water partition coefficient (Wildman–Crippen LogP) is 5.43. The Morgan fingerprint density at radius 2 is 1.86 bits per heavy atom. The van der Waals surface area contributed by atoms with Crippen molar-refractivity contribution in [2.75, 3.05) is 33.9 Å². The maximum Gasteiger partial charge on any atom is 0.251 e. The van der Waals surface area contributed by atoms with Crippen LogP contribution >= 0.6 is 0 Å². The standard InChI is InChI=1S/C32H38N2O3/c1-36-28-9-5-8-26(17-28)32-14-15-34(20-22-10-11-22)21-29(32)30(37-2)18-27(19-32)33-31(35)25-13-12-23-6-3-4-7-24(23)16-25/h3-9,12-13,16-17,22,27,29-30H,10-11,14-15,18-21H2,1-2H3,(H,33,35)/t27-,29-,30?,32-/m0/s1. The topological polar surface area (TPSA) is 50.8 Å². The van der Waals surface area contributed by atoms with Crippen LogP contribution in [0.5, 0.6) is 5.75 Å². The first-order valence-corrected chi connectivity index (χ1v) is 13.8. The van der Waals surface area contributed by atoms with Crippen molar-refractivity contribution in [1.82, 2.24) is 10.2 Å². The molecule has 3 aromatic carbocycles. The summed E-state index contributed by atoms with van der Waals surface area (Å²) in [4.78, 5) is 16.1. The quantitative estimate of drug-likeness (QED) is 0.472. The number of ether oxygens (including phenoxy) is 2. The van der Waals surface area contributed by atoms with Crippen molar-refractivity contribution in [2.24, 2.45) is 11.8 Å². The summed E-state index contributed by atoms with van der Waals surface area (Å²) < 4.78 is 11.8. The van der Waals surface area contributed by atoms with E-state index in [2.05, 4.69) is 40.5 Å². The number of rotatable bonds is 7. The number of hydrogen-bond donors (Lipinski definition) is 1. The van der Waals surface area contributed by atoms with Gasteiger partial charge in [-0.25, -0.2) is 0 Å². The summed E-state index contributed by atoms with van der Waals surface area (Å²) in [5.41, 5.74) is 1.97. The summed E-state index contributed by atoms with van der Waals surface area (Å²) in [6, 6.07) is 22.8. The average Bonchev–Trinajstić information content (AvgIpc) is 3.76. The Kier molecular flexibility index (Phi) is 6.68. The van der Waals surface area contributed by atoms with Gasteiger partial charge in [0.1, 0.15) is 5.75 Å². The van der Waals surface area contributed by atoms with E-state index in [1.54, 1.807) is 7.11 Å². The zero-order valence-electron chi connectivity index (χ0n) is 22.0. The second-order valence-electron chi connectivity index (χ2n) is 11.4. The molecule has 1 amide bonds. The lowest BCUT2D eigenvalue weighted by molar-refractivity contribution is -0.0678. The Morgan fingerprint density at radius 3 is 2.65 bits per heavy atom. The molecule has 3 aromatic rings. The molecule has 0 bridgehead atoms. The van der Waals surface area contributed by atoms with E-state index in [-0.39, 0.29) is 23.5 Å². The van der Waals surface area contributed by atoms with Crippen LogP contribution in [0.25, 0.3) is 10.8 Å².